The van der Waals surface area contributed by atoms with Crippen LogP contribution in [0.25, 0.3) is 10.8 Å². The Hall–Kier alpha value is -2.02. The van der Waals surface area contributed by atoms with Gasteiger partial charge in [-0.25, -0.2) is 0 Å². The number of hydrogen-bond donors (Lipinski definition) is 3. The Labute approximate surface area is 153 Å². The molecule has 0 atom stereocenters. The Balaban J connectivity index is 1.46. The van der Waals surface area contributed by atoms with Gasteiger partial charge in [-0.3, -0.25) is 10.1 Å². The molecule has 0 saturated carbocycles. The number of carbonyl (C=O) groups excluding carboxylic acids is 1. The number of hydrogen-bond acceptors (Lipinski definition) is 3. The van der Waals surface area contributed by atoms with Crippen LogP contribution < -0.4 is 15.5 Å². The van der Waals surface area contributed by atoms with Gasteiger partial charge < -0.3 is 15.0 Å². The minimum atomic E-state index is -0.173. The van der Waals surface area contributed by atoms with Crippen molar-refractivity contribution in [3.63, 3.8) is 0 Å². The first-order chi connectivity index (χ1) is 12.2. The molecule has 0 radical (unpaired) electrons. The zero-order valence-electron chi connectivity index (χ0n) is 14.2. The van der Waals surface area contributed by atoms with Crippen molar-refractivity contribution in [3.8, 4) is 0 Å². The summed E-state index contributed by atoms with van der Waals surface area (Å²) < 4.78 is 5.36. The maximum Gasteiger partial charge on any atom is 0.258 e. The van der Waals surface area contributed by atoms with Gasteiger partial charge in [0.2, 0.25) is 0 Å². The molecule has 0 spiro atoms. The van der Waals surface area contributed by atoms with Crippen LogP contribution in [-0.4, -0.2) is 50.4 Å². The Kier molecular flexibility index (Phi) is 6.33. The van der Waals surface area contributed by atoms with Gasteiger partial charge in [-0.15, -0.1) is 0 Å². The van der Waals surface area contributed by atoms with E-state index >= 15 is 0 Å². The van der Waals surface area contributed by atoms with E-state index in [2.05, 4.69) is 10.6 Å². The van der Waals surface area contributed by atoms with E-state index in [1.807, 2.05) is 42.5 Å². The first-order valence-electron chi connectivity index (χ1n) is 8.72. The Morgan fingerprint density at radius 1 is 1.12 bits per heavy atom. The highest BCUT2D eigenvalue weighted by atomic mass is 32.1. The molecule has 25 heavy (non-hydrogen) atoms. The number of fused-ring (bicyclic) bond motifs is 1. The van der Waals surface area contributed by atoms with Gasteiger partial charge in [0.15, 0.2) is 5.11 Å². The maximum absolute atomic E-state index is 12.5. The quantitative estimate of drug-likeness (QED) is 0.545. The van der Waals surface area contributed by atoms with Gasteiger partial charge in [0.05, 0.1) is 19.8 Å². The number of carbonyl (C=O) groups is 1. The molecule has 2 aromatic carbocycles. The lowest BCUT2D eigenvalue weighted by Gasteiger charge is -2.23. The summed E-state index contributed by atoms with van der Waals surface area (Å²) in [5.41, 5.74) is 0.639. The predicted molar refractivity (Wildman–Crippen MR) is 103 cm³/mol. The van der Waals surface area contributed by atoms with Gasteiger partial charge >= 0.3 is 0 Å². The highest BCUT2D eigenvalue weighted by molar-refractivity contribution is 7.80. The zero-order valence-corrected chi connectivity index (χ0v) is 15.0. The SMILES string of the molecule is O=C(NC(=S)NCCC[NH+]1CCOCC1)c1cccc2ccccc12. The minimum Gasteiger partial charge on any atom is -0.370 e. The summed E-state index contributed by atoms with van der Waals surface area (Å²) in [6.45, 7) is 5.70. The molecule has 0 bridgehead atoms. The average molecular weight is 358 g/mol. The second-order valence-corrected chi connectivity index (χ2v) is 6.61. The van der Waals surface area contributed by atoms with Crippen molar-refractivity contribution in [2.45, 2.75) is 6.42 Å². The first-order valence-corrected chi connectivity index (χ1v) is 9.13. The monoisotopic (exact) mass is 358 g/mol. The van der Waals surface area contributed by atoms with Crippen molar-refractivity contribution in [3.05, 3.63) is 48.0 Å². The average Bonchev–Trinajstić information content (AvgIpc) is 2.65. The van der Waals surface area contributed by atoms with Crippen LogP contribution in [-0.2, 0) is 4.74 Å². The largest absolute Gasteiger partial charge is 0.370 e. The highest BCUT2D eigenvalue weighted by Gasteiger charge is 2.13. The smallest absolute Gasteiger partial charge is 0.258 e. The van der Waals surface area contributed by atoms with E-state index in [0.717, 1.165) is 56.6 Å². The summed E-state index contributed by atoms with van der Waals surface area (Å²) in [5, 5.41) is 8.27. The molecule has 1 heterocycles. The van der Waals surface area contributed by atoms with Crippen LogP contribution in [0, 0.1) is 0 Å². The van der Waals surface area contributed by atoms with E-state index in [4.69, 9.17) is 17.0 Å². The third kappa shape index (κ3) is 4.98. The molecule has 6 heteroatoms. The van der Waals surface area contributed by atoms with Crippen molar-refractivity contribution in [1.82, 2.24) is 10.6 Å². The maximum atomic E-state index is 12.5. The second-order valence-electron chi connectivity index (χ2n) is 6.20. The normalized spacial score (nSPS) is 15.0. The molecule has 1 saturated heterocycles. The molecule has 0 aromatic heterocycles. The molecule has 1 aliphatic heterocycles. The van der Waals surface area contributed by atoms with Gasteiger partial charge in [-0.1, -0.05) is 36.4 Å². The molecule has 1 fully saturated rings. The van der Waals surface area contributed by atoms with Crippen LogP contribution in [0.3, 0.4) is 0 Å². The van der Waals surface area contributed by atoms with E-state index < -0.39 is 0 Å². The highest BCUT2D eigenvalue weighted by Crippen LogP contribution is 2.18. The van der Waals surface area contributed by atoms with E-state index in [-0.39, 0.29) is 5.91 Å². The number of nitrogens with one attached hydrogen (secondary N) is 3. The van der Waals surface area contributed by atoms with Crippen molar-refractivity contribution < 1.29 is 14.4 Å². The molecule has 3 N–H and O–H groups in total. The van der Waals surface area contributed by atoms with Crippen molar-refractivity contribution in [2.75, 3.05) is 39.4 Å². The predicted octanol–water partition coefficient (Wildman–Crippen LogP) is 0.749. The van der Waals surface area contributed by atoms with Gasteiger partial charge in [-0.05, 0) is 29.1 Å². The second kappa shape index (κ2) is 8.89. The molecule has 0 unspecified atom stereocenters. The van der Waals surface area contributed by atoms with E-state index in [0.29, 0.717) is 10.7 Å². The van der Waals surface area contributed by atoms with Crippen LogP contribution in [0.1, 0.15) is 16.8 Å². The Bertz CT molecular complexity index is 739. The van der Waals surface area contributed by atoms with Crippen molar-refractivity contribution in [2.24, 2.45) is 0 Å². The van der Waals surface area contributed by atoms with Crippen LogP contribution in [0.4, 0.5) is 0 Å². The molecule has 3 rings (SSSR count). The van der Waals surface area contributed by atoms with Gasteiger partial charge in [0, 0.05) is 18.5 Å². The van der Waals surface area contributed by atoms with E-state index in [1.165, 1.54) is 0 Å². The number of quaternary nitrogens is 1. The molecule has 1 aliphatic rings. The van der Waals surface area contributed by atoms with Gasteiger partial charge in [0.1, 0.15) is 13.1 Å². The number of amides is 1. The Morgan fingerprint density at radius 2 is 1.88 bits per heavy atom. The van der Waals surface area contributed by atoms with E-state index in [9.17, 15) is 4.79 Å². The molecule has 2 aromatic rings. The standard InChI is InChI=1S/C19H23N3O2S/c23-18(17-8-3-6-15-5-1-2-7-16(15)17)21-19(25)20-9-4-10-22-11-13-24-14-12-22/h1-3,5-8H,4,9-14H2,(H2,20,21,23,25)/p+1. The number of benzene rings is 2. The summed E-state index contributed by atoms with van der Waals surface area (Å²) in [4.78, 5) is 14.1. The summed E-state index contributed by atoms with van der Waals surface area (Å²) in [6.07, 6.45) is 1.01. The minimum absolute atomic E-state index is 0.173. The number of morpholine rings is 1. The molecule has 1 amide bonds. The number of thiocarbonyl (C=S) groups is 1. The van der Waals surface area contributed by atoms with Crippen LogP contribution in [0.2, 0.25) is 0 Å². The summed E-state index contributed by atoms with van der Waals surface area (Å²) >= 11 is 5.25. The van der Waals surface area contributed by atoms with Gasteiger partial charge in [0.25, 0.3) is 5.91 Å². The summed E-state index contributed by atoms with van der Waals surface area (Å²) in [7, 11) is 0. The first kappa shape index (κ1) is 17.8. The molecule has 5 nitrogen and oxygen atoms in total. The van der Waals surface area contributed by atoms with Crippen LogP contribution >= 0.6 is 12.2 Å². The van der Waals surface area contributed by atoms with Crippen LogP contribution in [0.5, 0.6) is 0 Å². The molecular formula is C19H24N3O2S+. The lowest BCUT2D eigenvalue weighted by Crippen LogP contribution is -3.14. The summed E-state index contributed by atoms with van der Waals surface area (Å²) in [5.74, 6) is -0.173. The molecule has 0 aliphatic carbocycles. The van der Waals surface area contributed by atoms with Crippen molar-refractivity contribution >= 4 is 34.0 Å². The number of rotatable bonds is 5. The number of ether oxygens (including phenoxy) is 1. The lowest BCUT2D eigenvalue weighted by atomic mass is 10.0. The fourth-order valence-electron chi connectivity index (χ4n) is 3.09. The summed E-state index contributed by atoms with van der Waals surface area (Å²) in [6, 6.07) is 13.6. The fourth-order valence-corrected chi connectivity index (χ4v) is 3.28. The fraction of sp³-hybridized carbons (Fsp3) is 0.368. The molecular weight excluding hydrogens is 334 g/mol. The van der Waals surface area contributed by atoms with Crippen LogP contribution in [0.15, 0.2) is 42.5 Å². The Morgan fingerprint density at radius 3 is 2.72 bits per heavy atom. The van der Waals surface area contributed by atoms with Gasteiger partial charge in [-0.2, -0.15) is 0 Å². The third-order valence-corrected chi connectivity index (χ3v) is 4.70. The van der Waals surface area contributed by atoms with E-state index in [1.54, 1.807) is 4.90 Å². The topological polar surface area (TPSA) is 54.8 Å². The third-order valence-electron chi connectivity index (χ3n) is 4.45. The van der Waals surface area contributed by atoms with Crippen molar-refractivity contribution in [1.29, 1.82) is 0 Å². The molecule has 132 valence electrons. The lowest BCUT2D eigenvalue weighted by molar-refractivity contribution is -0.908. The zero-order chi connectivity index (χ0) is 17.5.